The van der Waals surface area contributed by atoms with Gasteiger partial charge in [0.05, 0.1) is 0 Å². The van der Waals surface area contributed by atoms with Crippen molar-refractivity contribution in [2.24, 2.45) is 0 Å². The van der Waals surface area contributed by atoms with Crippen molar-refractivity contribution in [2.75, 3.05) is 0 Å². The Bertz CT molecular complexity index is 499. The molecule has 1 atom stereocenters. The first-order chi connectivity index (χ1) is 7.16. The Kier molecular flexibility index (Phi) is 2.51. The fourth-order valence-electron chi connectivity index (χ4n) is 0.962. The molecule has 2 aromatic heterocycles. The van der Waals surface area contributed by atoms with Crippen LogP contribution in [0.15, 0.2) is 21.3 Å². The van der Waals surface area contributed by atoms with Crippen LogP contribution in [0.3, 0.4) is 0 Å². The lowest BCUT2D eigenvalue weighted by atomic mass is 10.4. The monoisotopic (exact) mass is 226 g/mol. The van der Waals surface area contributed by atoms with Gasteiger partial charge in [-0.05, 0) is 13.0 Å². The number of alkyl halides is 1. The minimum atomic E-state index is -0.353. The number of hydrogen-bond donors (Lipinski definition) is 1. The smallest absolute Gasteiger partial charge is 0.268 e. The standard InChI is InChI=1S/C8H7ClN4O2/c1-4(9)7-12-13-8(15-7)5-2-3-6(14)11-10-5/h2-4H,1H3,(H,11,14). The minimum Gasteiger partial charge on any atom is -0.418 e. The lowest BCUT2D eigenvalue weighted by molar-refractivity contribution is 0.505. The molecule has 0 fully saturated rings. The summed E-state index contributed by atoms with van der Waals surface area (Å²) < 4.78 is 5.23. The summed E-state index contributed by atoms with van der Waals surface area (Å²) in [6, 6.07) is 2.82. The quantitative estimate of drug-likeness (QED) is 0.776. The highest BCUT2D eigenvalue weighted by molar-refractivity contribution is 6.20. The summed E-state index contributed by atoms with van der Waals surface area (Å²) in [5.41, 5.74) is 0.120. The van der Waals surface area contributed by atoms with Gasteiger partial charge in [0.15, 0.2) is 0 Å². The predicted molar refractivity (Wildman–Crippen MR) is 52.4 cm³/mol. The van der Waals surface area contributed by atoms with Gasteiger partial charge < -0.3 is 4.42 Å². The zero-order chi connectivity index (χ0) is 10.8. The average molecular weight is 227 g/mol. The molecule has 78 valence electrons. The molecule has 15 heavy (non-hydrogen) atoms. The molecule has 0 bridgehead atoms. The molecular weight excluding hydrogens is 220 g/mol. The van der Waals surface area contributed by atoms with Crippen LogP contribution in [0.4, 0.5) is 0 Å². The molecule has 0 amide bonds. The van der Waals surface area contributed by atoms with Gasteiger partial charge in [-0.2, -0.15) is 5.10 Å². The number of H-pyrrole nitrogens is 1. The molecule has 2 aromatic rings. The van der Waals surface area contributed by atoms with Gasteiger partial charge in [0.1, 0.15) is 11.1 Å². The number of nitrogens with zero attached hydrogens (tertiary/aromatic N) is 3. The Morgan fingerprint density at radius 3 is 2.80 bits per heavy atom. The number of rotatable bonds is 2. The van der Waals surface area contributed by atoms with Gasteiger partial charge in [-0.1, -0.05) is 0 Å². The second kappa shape index (κ2) is 3.82. The first-order valence-corrected chi connectivity index (χ1v) is 4.64. The topological polar surface area (TPSA) is 84.7 Å². The van der Waals surface area contributed by atoms with Crippen LogP contribution in [0.25, 0.3) is 11.6 Å². The van der Waals surface area contributed by atoms with Gasteiger partial charge in [-0.15, -0.1) is 21.8 Å². The molecule has 0 aliphatic carbocycles. The molecular formula is C8H7ClN4O2. The summed E-state index contributed by atoms with van der Waals surface area (Å²) in [6.07, 6.45) is 0. The van der Waals surface area contributed by atoms with E-state index in [0.717, 1.165) is 0 Å². The van der Waals surface area contributed by atoms with Crippen molar-refractivity contribution in [3.63, 3.8) is 0 Å². The van der Waals surface area contributed by atoms with E-state index in [1.807, 2.05) is 0 Å². The van der Waals surface area contributed by atoms with E-state index in [1.54, 1.807) is 6.92 Å². The molecule has 0 aliphatic heterocycles. The summed E-state index contributed by atoms with van der Waals surface area (Å²) in [4.78, 5) is 10.8. The summed E-state index contributed by atoms with van der Waals surface area (Å²) in [5, 5.41) is 13.1. The van der Waals surface area contributed by atoms with Crippen molar-refractivity contribution in [3.8, 4) is 11.6 Å². The summed E-state index contributed by atoms with van der Waals surface area (Å²) >= 11 is 5.75. The number of aromatic nitrogens is 4. The Labute approximate surface area is 89.3 Å². The summed E-state index contributed by atoms with van der Waals surface area (Å²) in [7, 11) is 0. The van der Waals surface area contributed by atoms with Gasteiger partial charge >= 0.3 is 0 Å². The molecule has 7 heteroatoms. The van der Waals surface area contributed by atoms with Gasteiger partial charge in [-0.3, -0.25) is 4.79 Å². The number of nitrogens with one attached hydrogen (secondary N) is 1. The van der Waals surface area contributed by atoms with Crippen molar-refractivity contribution in [2.45, 2.75) is 12.3 Å². The van der Waals surface area contributed by atoms with Crippen LogP contribution >= 0.6 is 11.6 Å². The van der Waals surface area contributed by atoms with E-state index in [4.69, 9.17) is 16.0 Å². The van der Waals surface area contributed by atoms with E-state index in [9.17, 15) is 4.79 Å². The molecule has 1 N–H and O–H groups in total. The number of hydrogen-bond acceptors (Lipinski definition) is 5. The van der Waals surface area contributed by atoms with Gasteiger partial charge in [0.2, 0.25) is 5.89 Å². The van der Waals surface area contributed by atoms with E-state index in [1.165, 1.54) is 12.1 Å². The third-order valence-electron chi connectivity index (χ3n) is 1.68. The predicted octanol–water partition coefficient (Wildman–Crippen LogP) is 1.12. The van der Waals surface area contributed by atoms with Gasteiger partial charge in [-0.25, -0.2) is 5.10 Å². The zero-order valence-corrected chi connectivity index (χ0v) is 8.52. The highest BCUT2D eigenvalue weighted by Gasteiger charge is 2.13. The maximum atomic E-state index is 10.8. The van der Waals surface area contributed by atoms with Crippen molar-refractivity contribution in [1.82, 2.24) is 20.4 Å². The van der Waals surface area contributed by atoms with E-state index < -0.39 is 0 Å². The van der Waals surface area contributed by atoms with E-state index in [2.05, 4.69) is 20.4 Å². The highest BCUT2D eigenvalue weighted by atomic mass is 35.5. The minimum absolute atomic E-state index is 0.230. The molecule has 2 rings (SSSR count). The highest BCUT2D eigenvalue weighted by Crippen LogP contribution is 2.21. The Morgan fingerprint density at radius 2 is 2.27 bits per heavy atom. The maximum absolute atomic E-state index is 10.8. The first kappa shape index (κ1) is 9.85. The maximum Gasteiger partial charge on any atom is 0.268 e. The molecule has 1 unspecified atom stereocenters. The summed E-state index contributed by atoms with van der Waals surface area (Å²) in [5.74, 6) is 0.549. The largest absolute Gasteiger partial charge is 0.418 e. The number of halogens is 1. The third-order valence-corrected chi connectivity index (χ3v) is 1.87. The van der Waals surface area contributed by atoms with Crippen LogP contribution in [0, 0.1) is 0 Å². The molecule has 0 aliphatic rings. The molecule has 0 radical (unpaired) electrons. The van der Waals surface area contributed by atoms with E-state index >= 15 is 0 Å². The lowest BCUT2D eigenvalue weighted by Gasteiger charge is -1.92. The van der Waals surface area contributed by atoms with Crippen LogP contribution in [-0.2, 0) is 0 Å². The van der Waals surface area contributed by atoms with E-state index in [0.29, 0.717) is 11.6 Å². The number of aromatic amines is 1. The molecule has 0 aromatic carbocycles. The third kappa shape index (κ3) is 2.04. The van der Waals surface area contributed by atoms with Crippen molar-refractivity contribution in [1.29, 1.82) is 0 Å². The molecule has 6 nitrogen and oxygen atoms in total. The Balaban J connectivity index is 2.37. The van der Waals surface area contributed by atoms with E-state index in [-0.39, 0.29) is 16.8 Å². The van der Waals surface area contributed by atoms with Crippen molar-refractivity contribution in [3.05, 3.63) is 28.4 Å². The fraction of sp³-hybridized carbons (Fsp3) is 0.250. The van der Waals surface area contributed by atoms with Gasteiger partial charge in [0.25, 0.3) is 11.4 Å². The second-order valence-corrected chi connectivity index (χ2v) is 3.52. The Hall–Kier alpha value is -1.69. The van der Waals surface area contributed by atoms with Crippen LogP contribution in [0.5, 0.6) is 0 Å². The van der Waals surface area contributed by atoms with Crippen molar-refractivity contribution < 1.29 is 4.42 Å². The molecule has 0 saturated heterocycles. The second-order valence-electron chi connectivity index (χ2n) is 2.87. The van der Waals surface area contributed by atoms with Crippen molar-refractivity contribution >= 4 is 11.6 Å². The summed E-state index contributed by atoms with van der Waals surface area (Å²) in [6.45, 7) is 1.72. The molecule has 0 spiro atoms. The van der Waals surface area contributed by atoms with Crippen LogP contribution in [0.1, 0.15) is 18.2 Å². The SMILES string of the molecule is CC(Cl)c1nnc(-c2ccc(=O)[nH]n2)o1. The fourth-order valence-corrected chi connectivity index (χ4v) is 1.05. The Morgan fingerprint density at radius 1 is 1.47 bits per heavy atom. The zero-order valence-electron chi connectivity index (χ0n) is 7.77. The van der Waals surface area contributed by atoms with Crippen LogP contribution < -0.4 is 5.56 Å². The normalized spacial score (nSPS) is 12.7. The van der Waals surface area contributed by atoms with Crippen LogP contribution in [-0.4, -0.2) is 20.4 Å². The molecule has 2 heterocycles. The lowest BCUT2D eigenvalue weighted by Crippen LogP contribution is -2.05. The van der Waals surface area contributed by atoms with Gasteiger partial charge in [0, 0.05) is 6.07 Å². The van der Waals surface area contributed by atoms with Crippen LogP contribution in [0.2, 0.25) is 0 Å². The average Bonchev–Trinajstić information content (AvgIpc) is 2.68. The first-order valence-electron chi connectivity index (χ1n) is 4.20. The molecule has 0 saturated carbocycles.